The third-order valence-electron chi connectivity index (χ3n) is 3.44. The summed E-state index contributed by atoms with van der Waals surface area (Å²) in [5.74, 6) is -1.06. The van der Waals surface area contributed by atoms with Gasteiger partial charge in [-0.2, -0.15) is 0 Å². The van der Waals surface area contributed by atoms with Crippen molar-refractivity contribution in [2.24, 2.45) is 0 Å². The van der Waals surface area contributed by atoms with Crippen LogP contribution < -0.4 is 5.32 Å². The second-order valence-electron chi connectivity index (χ2n) is 4.87. The fraction of sp³-hybridized carbons (Fsp3) is 0.125. The normalized spacial score (nSPS) is 13.5. The first-order chi connectivity index (χ1) is 10.0. The summed E-state index contributed by atoms with van der Waals surface area (Å²) in [6.07, 6.45) is 0.955. The van der Waals surface area contributed by atoms with E-state index < -0.39 is 11.6 Å². The largest absolute Gasteiger partial charge is 0.326 e. The van der Waals surface area contributed by atoms with Crippen LogP contribution in [0.25, 0.3) is 0 Å². The smallest absolute Gasteiger partial charge is 0.224 e. The maximum Gasteiger partial charge on any atom is 0.224 e. The topological polar surface area (TPSA) is 46.2 Å². The Balaban J connectivity index is 1.99. The van der Waals surface area contributed by atoms with E-state index in [1.165, 1.54) is 18.2 Å². The van der Waals surface area contributed by atoms with Gasteiger partial charge in [0.15, 0.2) is 5.78 Å². The van der Waals surface area contributed by atoms with Crippen LogP contribution in [0, 0.1) is 5.82 Å². The Morgan fingerprint density at radius 1 is 1.14 bits per heavy atom. The first-order valence-electron chi connectivity index (χ1n) is 6.47. The average molecular weight is 304 g/mol. The lowest BCUT2D eigenvalue weighted by Crippen LogP contribution is -2.19. The molecular weight excluding hydrogens is 293 g/mol. The molecule has 106 valence electrons. The standard InChI is InChI=1S/C16H11ClFNO2/c17-11-3-4-13(18)12(8-11)16(21)10-1-5-14-9(7-10)2-6-15(20)19-14/h1,3-5,7-8H,2,6H2,(H,19,20). The summed E-state index contributed by atoms with van der Waals surface area (Å²) in [6.45, 7) is 0. The summed E-state index contributed by atoms with van der Waals surface area (Å²) in [7, 11) is 0. The molecule has 0 unspecified atom stereocenters. The zero-order valence-corrected chi connectivity index (χ0v) is 11.7. The monoisotopic (exact) mass is 303 g/mol. The molecule has 0 saturated carbocycles. The molecule has 0 aromatic heterocycles. The van der Waals surface area contributed by atoms with Gasteiger partial charge in [-0.3, -0.25) is 9.59 Å². The van der Waals surface area contributed by atoms with E-state index >= 15 is 0 Å². The molecule has 1 amide bonds. The summed E-state index contributed by atoms with van der Waals surface area (Å²) in [6, 6.07) is 8.83. The maximum atomic E-state index is 13.8. The number of amides is 1. The van der Waals surface area contributed by atoms with Gasteiger partial charge in [-0.1, -0.05) is 11.6 Å². The lowest BCUT2D eigenvalue weighted by atomic mass is 9.96. The number of carbonyl (C=O) groups excluding carboxylic acids is 2. The minimum absolute atomic E-state index is 0.0394. The molecular formula is C16H11ClFNO2. The van der Waals surface area contributed by atoms with Gasteiger partial charge in [0.2, 0.25) is 5.91 Å². The highest BCUT2D eigenvalue weighted by Gasteiger charge is 2.19. The molecule has 3 rings (SSSR count). The fourth-order valence-electron chi connectivity index (χ4n) is 2.35. The van der Waals surface area contributed by atoms with Crippen molar-refractivity contribution in [2.75, 3.05) is 5.32 Å². The molecule has 1 aliphatic rings. The molecule has 0 fully saturated rings. The molecule has 5 heteroatoms. The molecule has 0 saturated heterocycles. The molecule has 0 bridgehead atoms. The van der Waals surface area contributed by atoms with Gasteiger partial charge in [0.05, 0.1) is 5.56 Å². The van der Waals surface area contributed by atoms with Crippen LogP contribution in [0.1, 0.15) is 27.9 Å². The van der Waals surface area contributed by atoms with Gasteiger partial charge in [-0.15, -0.1) is 0 Å². The summed E-state index contributed by atoms with van der Waals surface area (Å²) in [5, 5.41) is 3.05. The van der Waals surface area contributed by atoms with Gasteiger partial charge in [0.1, 0.15) is 5.82 Å². The van der Waals surface area contributed by atoms with E-state index in [1.807, 2.05) is 0 Å². The summed E-state index contributed by atoms with van der Waals surface area (Å²) in [5.41, 5.74) is 1.91. The van der Waals surface area contributed by atoms with Crippen LogP contribution >= 0.6 is 11.6 Å². The highest BCUT2D eigenvalue weighted by molar-refractivity contribution is 6.31. The molecule has 2 aromatic rings. The lowest BCUT2D eigenvalue weighted by molar-refractivity contribution is -0.116. The number of carbonyl (C=O) groups is 2. The Morgan fingerprint density at radius 2 is 1.95 bits per heavy atom. The minimum Gasteiger partial charge on any atom is -0.326 e. The Labute approximate surface area is 125 Å². The van der Waals surface area contributed by atoms with Gasteiger partial charge in [0, 0.05) is 22.7 Å². The second kappa shape index (κ2) is 5.30. The van der Waals surface area contributed by atoms with E-state index in [4.69, 9.17) is 11.6 Å². The SMILES string of the molecule is O=C1CCc2cc(C(=O)c3cc(Cl)ccc3F)ccc2N1. The van der Waals surface area contributed by atoms with E-state index in [0.717, 1.165) is 5.56 Å². The van der Waals surface area contributed by atoms with Crippen LogP contribution in [0.3, 0.4) is 0 Å². The number of ketones is 1. The molecule has 1 aliphatic heterocycles. The van der Waals surface area contributed by atoms with Crippen molar-refractivity contribution in [1.82, 2.24) is 0 Å². The minimum atomic E-state index is -0.601. The number of rotatable bonds is 2. The zero-order valence-electron chi connectivity index (χ0n) is 11.0. The van der Waals surface area contributed by atoms with Crippen LogP contribution in [0.2, 0.25) is 5.02 Å². The summed E-state index contributed by atoms with van der Waals surface area (Å²) < 4.78 is 13.8. The average Bonchev–Trinajstić information content (AvgIpc) is 2.48. The number of anilines is 1. The molecule has 0 spiro atoms. The number of fused-ring (bicyclic) bond motifs is 1. The van der Waals surface area contributed by atoms with Gasteiger partial charge in [-0.25, -0.2) is 4.39 Å². The van der Waals surface area contributed by atoms with Crippen LogP contribution in [0.4, 0.5) is 10.1 Å². The predicted octanol–water partition coefficient (Wildman–Crippen LogP) is 3.59. The Hall–Kier alpha value is -2.20. The number of nitrogens with one attached hydrogen (secondary N) is 1. The molecule has 21 heavy (non-hydrogen) atoms. The quantitative estimate of drug-likeness (QED) is 0.862. The zero-order chi connectivity index (χ0) is 15.0. The second-order valence-corrected chi connectivity index (χ2v) is 5.31. The van der Waals surface area contributed by atoms with Crippen LogP contribution in [-0.2, 0) is 11.2 Å². The van der Waals surface area contributed by atoms with E-state index in [1.54, 1.807) is 18.2 Å². The van der Waals surface area contributed by atoms with Crippen molar-refractivity contribution in [3.05, 3.63) is 63.9 Å². The van der Waals surface area contributed by atoms with Gasteiger partial charge < -0.3 is 5.32 Å². The van der Waals surface area contributed by atoms with E-state index in [9.17, 15) is 14.0 Å². The third-order valence-corrected chi connectivity index (χ3v) is 3.67. The molecule has 1 N–H and O–H groups in total. The van der Waals surface area contributed by atoms with Gasteiger partial charge in [0.25, 0.3) is 0 Å². The molecule has 0 atom stereocenters. The van der Waals surface area contributed by atoms with Crippen molar-refractivity contribution in [3.8, 4) is 0 Å². The fourth-order valence-corrected chi connectivity index (χ4v) is 2.52. The number of halogens is 2. The highest BCUT2D eigenvalue weighted by atomic mass is 35.5. The first-order valence-corrected chi connectivity index (χ1v) is 6.85. The van der Waals surface area contributed by atoms with Crippen molar-refractivity contribution in [1.29, 1.82) is 0 Å². The number of benzene rings is 2. The lowest BCUT2D eigenvalue weighted by Gasteiger charge is -2.17. The number of aryl methyl sites for hydroxylation is 1. The van der Waals surface area contributed by atoms with E-state index in [2.05, 4.69) is 5.32 Å². The molecule has 2 aromatic carbocycles. The van der Waals surface area contributed by atoms with Crippen molar-refractivity contribution >= 4 is 29.0 Å². The Morgan fingerprint density at radius 3 is 2.76 bits per heavy atom. The van der Waals surface area contributed by atoms with Gasteiger partial charge in [-0.05, 0) is 48.4 Å². The number of hydrogen-bond donors (Lipinski definition) is 1. The van der Waals surface area contributed by atoms with E-state index in [-0.39, 0.29) is 11.5 Å². The third kappa shape index (κ3) is 2.67. The number of hydrogen-bond acceptors (Lipinski definition) is 2. The van der Waals surface area contributed by atoms with Crippen molar-refractivity contribution < 1.29 is 14.0 Å². The maximum absolute atomic E-state index is 13.8. The van der Waals surface area contributed by atoms with Crippen molar-refractivity contribution in [2.45, 2.75) is 12.8 Å². The van der Waals surface area contributed by atoms with Crippen LogP contribution in [-0.4, -0.2) is 11.7 Å². The van der Waals surface area contributed by atoms with E-state index in [0.29, 0.717) is 29.1 Å². The van der Waals surface area contributed by atoms with Crippen LogP contribution in [0.15, 0.2) is 36.4 Å². The Bertz CT molecular complexity index is 758. The van der Waals surface area contributed by atoms with Gasteiger partial charge >= 0.3 is 0 Å². The summed E-state index contributed by atoms with van der Waals surface area (Å²) in [4.78, 5) is 23.7. The van der Waals surface area contributed by atoms with Crippen molar-refractivity contribution in [3.63, 3.8) is 0 Å². The molecule has 0 aliphatic carbocycles. The first kappa shape index (κ1) is 13.8. The molecule has 1 heterocycles. The predicted molar refractivity (Wildman–Crippen MR) is 78.2 cm³/mol. The highest BCUT2D eigenvalue weighted by Crippen LogP contribution is 2.25. The Kier molecular flexibility index (Phi) is 3.47. The molecule has 0 radical (unpaired) electrons. The van der Waals surface area contributed by atoms with Crippen LogP contribution in [0.5, 0.6) is 0 Å². The molecule has 3 nitrogen and oxygen atoms in total. The summed E-state index contributed by atoms with van der Waals surface area (Å²) >= 11 is 5.81.